The Morgan fingerprint density at radius 1 is 1.33 bits per heavy atom. The lowest BCUT2D eigenvalue weighted by atomic mass is 10.1. The maximum Gasteiger partial charge on any atom is 0.186 e. The highest BCUT2D eigenvalue weighted by molar-refractivity contribution is 7.17. The number of hydrogen-bond acceptors (Lipinski definition) is 4. The molecule has 4 heteroatoms. The van der Waals surface area contributed by atoms with E-state index in [-0.39, 0.29) is 0 Å². The molecular weight excluding hydrogens is 244 g/mol. The number of hydrogen-bond donors (Lipinski definition) is 0. The molecule has 0 radical (unpaired) electrons. The third-order valence-electron chi connectivity index (χ3n) is 3.83. The van der Waals surface area contributed by atoms with E-state index in [0.29, 0.717) is 6.04 Å². The predicted octanol–water partition coefficient (Wildman–Crippen LogP) is 3.68. The average Bonchev–Trinajstić information content (AvgIpc) is 2.63. The molecule has 1 heterocycles. The molecule has 0 spiro atoms. The quantitative estimate of drug-likeness (QED) is 0.615. The number of carbonyl (C=O) groups excluding carboxylic acids is 1. The van der Waals surface area contributed by atoms with E-state index in [1.165, 1.54) is 49.9 Å². The molecule has 1 aliphatic carbocycles. The zero-order valence-corrected chi connectivity index (χ0v) is 12.1. The highest BCUT2D eigenvalue weighted by Gasteiger charge is 2.20. The first-order valence-electron chi connectivity index (χ1n) is 6.94. The van der Waals surface area contributed by atoms with Crippen LogP contribution in [0.2, 0.25) is 0 Å². The van der Waals surface area contributed by atoms with Crippen molar-refractivity contribution in [3.8, 4) is 0 Å². The number of nitrogens with zero attached hydrogens (tertiary/aromatic N) is 2. The van der Waals surface area contributed by atoms with E-state index in [0.717, 1.165) is 28.4 Å². The van der Waals surface area contributed by atoms with Gasteiger partial charge in [0.15, 0.2) is 11.4 Å². The molecule has 0 bridgehead atoms. The molecule has 0 N–H and O–H groups in total. The molecule has 3 nitrogen and oxygen atoms in total. The Balaban J connectivity index is 2.13. The van der Waals surface area contributed by atoms with Gasteiger partial charge >= 0.3 is 0 Å². The van der Waals surface area contributed by atoms with Gasteiger partial charge in [-0.25, -0.2) is 4.98 Å². The maximum atomic E-state index is 11.0. The van der Waals surface area contributed by atoms with E-state index >= 15 is 0 Å². The molecular formula is C14H22N2OS. The summed E-state index contributed by atoms with van der Waals surface area (Å²) in [5.74, 6) is 0. The lowest BCUT2D eigenvalue weighted by molar-refractivity contribution is 0.112. The largest absolute Gasteiger partial charge is 0.348 e. The lowest BCUT2D eigenvalue weighted by Crippen LogP contribution is -2.30. The molecule has 1 saturated carbocycles. The van der Waals surface area contributed by atoms with Gasteiger partial charge in [0.25, 0.3) is 0 Å². The summed E-state index contributed by atoms with van der Waals surface area (Å²) in [6.45, 7) is 2.05. The first-order valence-corrected chi connectivity index (χ1v) is 7.75. The Morgan fingerprint density at radius 2 is 2.00 bits per heavy atom. The number of carbonyl (C=O) groups is 1. The van der Waals surface area contributed by atoms with E-state index < -0.39 is 0 Å². The van der Waals surface area contributed by atoms with E-state index in [2.05, 4.69) is 23.9 Å². The van der Waals surface area contributed by atoms with Crippen molar-refractivity contribution in [1.82, 2.24) is 4.98 Å². The van der Waals surface area contributed by atoms with Crippen molar-refractivity contribution < 1.29 is 4.79 Å². The summed E-state index contributed by atoms with van der Waals surface area (Å²) in [6, 6.07) is 0.600. The van der Waals surface area contributed by atoms with Crippen LogP contribution in [0.5, 0.6) is 0 Å². The van der Waals surface area contributed by atoms with E-state index in [9.17, 15) is 4.79 Å². The minimum absolute atomic E-state index is 0.600. The Labute approximate surface area is 113 Å². The van der Waals surface area contributed by atoms with Crippen LogP contribution in [0, 0.1) is 0 Å². The van der Waals surface area contributed by atoms with Crippen molar-refractivity contribution in [2.45, 2.75) is 57.9 Å². The number of thiazole rings is 1. The Kier molecular flexibility index (Phi) is 4.75. The fourth-order valence-electron chi connectivity index (χ4n) is 2.65. The van der Waals surface area contributed by atoms with Crippen molar-refractivity contribution in [2.75, 3.05) is 11.9 Å². The topological polar surface area (TPSA) is 33.2 Å². The molecule has 0 amide bonds. The normalized spacial score (nSPS) is 17.4. The van der Waals surface area contributed by atoms with Crippen LogP contribution >= 0.6 is 11.3 Å². The second-order valence-electron chi connectivity index (χ2n) is 5.04. The van der Waals surface area contributed by atoms with Crippen LogP contribution < -0.4 is 4.90 Å². The van der Waals surface area contributed by atoms with Crippen molar-refractivity contribution in [3.63, 3.8) is 0 Å². The molecule has 0 aromatic carbocycles. The summed E-state index contributed by atoms with van der Waals surface area (Å²) in [5, 5.41) is 1.01. The minimum atomic E-state index is 0.600. The van der Waals surface area contributed by atoms with Crippen LogP contribution in [0.15, 0.2) is 0 Å². The van der Waals surface area contributed by atoms with Gasteiger partial charge in [-0.3, -0.25) is 4.79 Å². The van der Waals surface area contributed by atoms with Crippen molar-refractivity contribution in [1.29, 1.82) is 0 Å². The number of anilines is 1. The summed E-state index contributed by atoms with van der Waals surface area (Å²) >= 11 is 1.54. The molecule has 1 aromatic heterocycles. The van der Waals surface area contributed by atoms with Crippen LogP contribution in [0.1, 0.15) is 60.8 Å². The van der Waals surface area contributed by atoms with E-state index in [1.54, 1.807) is 0 Å². The van der Waals surface area contributed by atoms with Crippen LogP contribution in [0.25, 0.3) is 0 Å². The summed E-state index contributed by atoms with van der Waals surface area (Å²) < 4.78 is 0. The predicted molar refractivity (Wildman–Crippen MR) is 76.8 cm³/mol. The number of aryl methyl sites for hydroxylation is 1. The first kappa shape index (κ1) is 13.5. The zero-order chi connectivity index (χ0) is 13.0. The molecule has 1 fully saturated rings. The summed E-state index contributed by atoms with van der Waals surface area (Å²) in [4.78, 5) is 18.7. The van der Waals surface area contributed by atoms with Crippen LogP contribution in [-0.2, 0) is 6.42 Å². The fraction of sp³-hybridized carbons (Fsp3) is 0.714. The van der Waals surface area contributed by atoms with Gasteiger partial charge in [0.2, 0.25) is 0 Å². The SMILES string of the molecule is CCc1nc(N(C)C2CCCCCC2)sc1C=O. The van der Waals surface area contributed by atoms with E-state index in [1.807, 2.05) is 0 Å². The zero-order valence-electron chi connectivity index (χ0n) is 11.3. The van der Waals surface area contributed by atoms with Gasteiger partial charge in [-0.2, -0.15) is 0 Å². The number of rotatable bonds is 4. The number of aromatic nitrogens is 1. The monoisotopic (exact) mass is 266 g/mol. The summed E-state index contributed by atoms with van der Waals surface area (Å²) in [6.07, 6.45) is 9.67. The Hall–Kier alpha value is -0.900. The average molecular weight is 266 g/mol. The molecule has 100 valence electrons. The smallest absolute Gasteiger partial charge is 0.186 e. The molecule has 1 aliphatic rings. The third-order valence-corrected chi connectivity index (χ3v) is 4.95. The lowest BCUT2D eigenvalue weighted by Gasteiger charge is -2.26. The van der Waals surface area contributed by atoms with Gasteiger partial charge < -0.3 is 4.90 Å². The Morgan fingerprint density at radius 3 is 2.50 bits per heavy atom. The third kappa shape index (κ3) is 2.91. The summed E-state index contributed by atoms with van der Waals surface area (Å²) in [5.41, 5.74) is 0.950. The van der Waals surface area contributed by atoms with Crippen LogP contribution in [0.3, 0.4) is 0 Å². The van der Waals surface area contributed by atoms with E-state index in [4.69, 9.17) is 0 Å². The van der Waals surface area contributed by atoms with Crippen LogP contribution in [0.4, 0.5) is 5.13 Å². The fourth-order valence-corrected chi connectivity index (χ4v) is 3.65. The van der Waals surface area contributed by atoms with Gasteiger partial charge in [0, 0.05) is 13.1 Å². The minimum Gasteiger partial charge on any atom is -0.348 e. The molecule has 0 aliphatic heterocycles. The maximum absolute atomic E-state index is 11.0. The molecule has 0 saturated heterocycles. The van der Waals surface area contributed by atoms with Crippen molar-refractivity contribution in [2.24, 2.45) is 0 Å². The second-order valence-corrected chi connectivity index (χ2v) is 6.04. The van der Waals surface area contributed by atoms with Crippen LogP contribution in [-0.4, -0.2) is 24.4 Å². The van der Waals surface area contributed by atoms with Crippen molar-refractivity contribution >= 4 is 22.8 Å². The molecule has 2 rings (SSSR count). The number of aldehydes is 1. The van der Waals surface area contributed by atoms with Gasteiger partial charge in [-0.05, 0) is 19.3 Å². The molecule has 18 heavy (non-hydrogen) atoms. The van der Waals surface area contributed by atoms with Crippen molar-refractivity contribution in [3.05, 3.63) is 10.6 Å². The second kappa shape index (κ2) is 6.32. The highest BCUT2D eigenvalue weighted by atomic mass is 32.1. The Bertz CT molecular complexity index is 394. The van der Waals surface area contributed by atoms with Gasteiger partial charge in [0.05, 0.1) is 10.6 Å². The van der Waals surface area contributed by atoms with Gasteiger partial charge in [-0.15, -0.1) is 0 Å². The van der Waals surface area contributed by atoms with Gasteiger partial charge in [0.1, 0.15) is 0 Å². The summed E-state index contributed by atoms with van der Waals surface area (Å²) in [7, 11) is 2.13. The molecule has 0 atom stereocenters. The molecule has 1 aromatic rings. The molecule has 0 unspecified atom stereocenters. The first-order chi connectivity index (χ1) is 8.76. The standard InChI is InChI=1S/C14H22N2OS/c1-3-12-13(10-17)18-14(15-12)16(2)11-8-6-4-5-7-9-11/h10-11H,3-9H2,1-2H3. The highest BCUT2D eigenvalue weighted by Crippen LogP contribution is 2.30. The van der Waals surface area contributed by atoms with Gasteiger partial charge in [-0.1, -0.05) is 43.9 Å².